The van der Waals surface area contributed by atoms with Crippen LogP contribution in [-0.4, -0.2) is 60.4 Å². The maximum atomic E-state index is 13.1. The molecule has 0 spiro atoms. The van der Waals surface area contributed by atoms with E-state index in [1.54, 1.807) is 29.2 Å². The summed E-state index contributed by atoms with van der Waals surface area (Å²) in [7, 11) is 3.94. The quantitative estimate of drug-likeness (QED) is 0.261. The van der Waals surface area contributed by atoms with Gasteiger partial charge in [0.2, 0.25) is 0 Å². The van der Waals surface area contributed by atoms with Gasteiger partial charge in [0.05, 0.1) is 18.2 Å². The van der Waals surface area contributed by atoms with Crippen LogP contribution in [0.25, 0.3) is 5.76 Å². The number of hydrogen-bond acceptors (Lipinski definition) is 5. The normalized spacial score (nSPS) is 17.9. The van der Waals surface area contributed by atoms with E-state index in [9.17, 15) is 14.7 Å². The number of hydrogen-bond donors (Lipinski definition) is 1. The van der Waals surface area contributed by atoms with Crippen LogP contribution >= 0.6 is 0 Å². The number of ether oxygens (including phenoxy) is 1. The number of aliphatic hydroxyl groups is 1. The van der Waals surface area contributed by atoms with Crippen LogP contribution in [0.2, 0.25) is 0 Å². The van der Waals surface area contributed by atoms with Gasteiger partial charge in [-0.2, -0.15) is 0 Å². The Bertz CT molecular complexity index is 969. The first kappa shape index (κ1) is 23.5. The number of carbonyl (C=O) groups is 2. The fraction of sp³-hybridized carbons (Fsp3) is 0.385. The van der Waals surface area contributed by atoms with Crippen LogP contribution in [0.1, 0.15) is 43.4 Å². The number of carbonyl (C=O) groups excluding carboxylic acids is 2. The third-order valence-electron chi connectivity index (χ3n) is 5.53. The van der Waals surface area contributed by atoms with E-state index in [1.807, 2.05) is 49.3 Å². The van der Waals surface area contributed by atoms with E-state index < -0.39 is 17.7 Å². The highest BCUT2D eigenvalue weighted by Crippen LogP contribution is 2.40. The predicted molar refractivity (Wildman–Crippen MR) is 125 cm³/mol. The third kappa shape index (κ3) is 5.37. The van der Waals surface area contributed by atoms with Crippen LogP contribution < -0.4 is 4.74 Å². The Hall–Kier alpha value is -3.12. The molecule has 6 nitrogen and oxygen atoms in total. The van der Waals surface area contributed by atoms with Crippen molar-refractivity contribution >= 4 is 17.4 Å². The minimum atomic E-state index is -0.660. The van der Waals surface area contributed by atoms with Crippen molar-refractivity contribution in [2.75, 3.05) is 33.8 Å². The lowest BCUT2D eigenvalue weighted by Crippen LogP contribution is -2.32. The maximum Gasteiger partial charge on any atom is 0.295 e. The second-order valence-corrected chi connectivity index (χ2v) is 8.29. The molecule has 2 aromatic rings. The number of rotatable bonds is 10. The number of Topliss-reactive ketones (excluding diaryl/α,β-unsaturated/α-hetero) is 1. The first-order valence-corrected chi connectivity index (χ1v) is 11.1. The zero-order valence-corrected chi connectivity index (χ0v) is 19.1. The van der Waals surface area contributed by atoms with Crippen molar-refractivity contribution in [1.29, 1.82) is 0 Å². The average molecular weight is 437 g/mol. The van der Waals surface area contributed by atoms with Gasteiger partial charge in [-0.25, -0.2) is 0 Å². The van der Waals surface area contributed by atoms with Crippen molar-refractivity contribution in [1.82, 2.24) is 9.80 Å². The first-order valence-electron chi connectivity index (χ1n) is 11.1. The molecule has 1 saturated heterocycles. The second-order valence-electron chi connectivity index (χ2n) is 8.29. The van der Waals surface area contributed by atoms with Crippen molar-refractivity contribution in [3.05, 3.63) is 71.3 Å². The predicted octanol–water partition coefficient (Wildman–Crippen LogP) is 4.24. The Morgan fingerprint density at radius 3 is 2.50 bits per heavy atom. The van der Waals surface area contributed by atoms with Crippen molar-refractivity contribution < 1.29 is 19.4 Å². The molecule has 1 aliphatic rings. The molecular formula is C26H32N2O4. The molecule has 1 fully saturated rings. The number of nitrogens with zero attached hydrogens (tertiary/aromatic N) is 2. The summed E-state index contributed by atoms with van der Waals surface area (Å²) >= 11 is 0. The molecule has 1 amide bonds. The van der Waals surface area contributed by atoms with Gasteiger partial charge in [0, 0.05) is 12.1 Å². The minimum Gasteiger partial charge on any atom is -0.507 e. The van der Waals surface area contributed by atoms with E-state index in [0.717, 1.165) is 24.9 Å². The van der Waals surface area contributed by atoms with Crippen LogP contribution in [0.3, 0.4) is 0 Å². The molecule has 1 atom stereocenters. The summed E-state index contributed by atoms with van der Waals surface area (Å²) in [5.41, 5.74) is 1.39. The first-order chi connectivity index (χ1) is 15.4. The molecule has 3 rings (SSSR count). The van der Waals surface area contributed by atoms with Gasteiger partial charge in [0.1, 0.15) is 11.5 Å². The minimum absolute atomic E-state index is 0.122. The number of likely N-dealkylation sites (tertiary alicyclic amines) is 1. The molecule has 0 aromatic heterocycles. The number of aliphatic hydroxyl groups excluding tert-OH is 1. The van der Waals surface area contributed by atoms with Gasteiger partial charge in [0.25, 0.3) is 11.7 Å². The summed E-state index contributed by atoms with van der Waals surface area (Å²) in [4.78, 5) is 29.7. The molecule has 1 unspecified atom stereocenters. The number of ketones is 1. The summed E-state index contributed by atoms with van der Waals surface area (Å²) in [5.74, 6) is -0.696. The van der Waals surface area contributed by atoms with E-state index in [-0.39, 0.29) is 11.3 Å². The summed E-state index contributed by atoms with van der Waals surface area (Å²) in [6.07, 6.45) is 2.69. The molecule has 2 aromatic carbocycles. The van der Waals surface area contributed by atoms with Crippen LogP contribution in [-0.2, 0) is 9.59 Å². The molecule has 32 heavy (non-hydrogen) atoms. The molecule has 1 heterocycles. The summed E-state index contributed by atoms with van der Waals surface area (Å²) in [6, 6.07) is 15.7. The summed E-state index contributed by atoms with van der Waals surface area (Å²) < 4.78 is 5.85. The van der Waals surface area contributed by atoms with Gasteiger partial charge < -0.3 is 19.6 Å². The van der Waals surface area contributed by atoms with Crippen molar-refractivity contribution in [3.8, 4) is 5.75 Å². The molecule has 0 radical (unpaired) electrons. The van der Waals surface area contributed by atoms with E-state index in [1.165, 1.54) is 0 Å². The van der Waals surface area contributed by atoms with E-state index in [0.29, 0.717) is 30.9 Å². The highest BCUT2D eigenvalue weighted by atomic mass is 16.5. The Morgan fingerprint density at radius 1 is 1.06 bits per heavy atom. The van der Waals surface area contributed by atoms with Crippen molar-refractivity contribution in [2.24, 2.45) is 0 Å². The van der Waals surface area contributed by atoms with Crippen molar-refractivity contribution in [2.45, 2.75) is 32.2 Å². The molecule has 0 aliphatic carbocycles. The third-order valence-corrected chi connectivity index (χ3v) is 5.53. The van der Waals surface area contributed by atoms with Crippen LogP contribution in [0.5, 0.6) is 5.75 Å². The standard InChI is InChI=1S/C26H32N2O4/c1-4-5-17-32-21-14-9-13-20(18-21)23-22(24(29)19-11-7-6-8-12-19)25(30)26(31)28(23)16-10-15-27(2)3/h6-9,11-14,18,23,29H,4-5,10,15-17H2,1-3H3/b24-22+. The fourth-order valence-electron chi connectivity index (χ4n) is 3.87. The second kappa shape index (κ2) is 11.0. The Kier molecular flexibility index (Phi) is 8.06. The molecule has 1 aliphatic heterocycles. The lowest BCUT2D eigenvalue weighted by atomic mass is 9.95. The zero-order chi connectivity index (χ0) is 23.1. The lowest BCUT2D eigenvalue weighted by Gasteiger charge is -2.26. The zero-order valence-electron chi connectivity index (χ0n) is 19.1. The molecular weight excluding hydrogens is 404 g/mol. The van der Waals surface area contributed by atoms with Gasteiger partial charge >= 0.3 is 0 Å². The smallest absolute Gasteiger partial charge is 0.295 e. The van der Waals surface area contributed by atoms with E-state index >= 15 is 0 Å². The molecule has 0 bridgehead atoms. The SMILES string of the molecule is CCCCOc1cccc(C2/C(=C(\O)c3ccccc3)C(=O)C(=O)N2CCCN(C)C)c1. The van der Waals surface area contributed by atoms with Gasteiger partial charge in [-0.15, -0.1) is 0 Å². The van der Waals surface area contributed by atoms with E-state index in [4.69, 9.17) is 4.74 Å². The van der Waals surface area contributed by atoms with Crippen LogP contribution in [0.4, 0.5) is 0 Å². The van der Waals surface area contributed by atoms with Gasteiger partial charge in [-0.1, -0.05) is 55.8 Å². The van der Waals surface area contributed by atoms with Crippen LogP contribution in [0, 0.1) is 0 Å². The van der Waals surface area contributed by atoms with Crippen LogP contribution in [0.15, 0.2) is 60.2 Å². The topological polar surface area (TPSA) is 70.1 Å². The molecule has 170 valence electrons. The average Bonchev–Trinajstić information content (AvgIpc) is 3.04. The molecule has 6 heteroatoms. The summed E-state index contributed by atoms with van der Waals surface area (Å²) in [6.45, 7) is 3.91. The van der Waals surface area contributed by atoms with Gasteiger partial charge in [-0.3, -0.25) is 9.59 Å². The Balaban J connectivity index is 2.03. The number of benzene rings is 2. The highest BCUT2D eigenvalue weighted by Gasteiger charge is 2.45. The number of amides is 1. The lowest BCUT2D eigenvalue weighted by molar-refractivity contribution is -0.139. The van der Waals surface area contributed by atoms with Gasteiger partial charge in [0.15, 0.2) is 0 Å². The van der Waals surface area contributed by atoms with Gasteiger partial charge in [-0.05, 0) is 51.2 Å². The maximum absolute atomic E-state index is 13.1. The molecule has 0 saturated carbocycles. The Labute approximate surface area is 190 Å². The highest BCUT2D eigenvalue weighted by molar-refractivity contribution is 6.46. The van der Waals surface area contributed by atoms with E-state index in [2.05, 4.69) is 6.92 Å². The monoisotopic (exact) mass is 436 g/mol. The number of unbranched alkanes of at least 4 members (excludes halogenated alkanes) is 1. The Morgan fingerprint density at radius 2 is 1.81 bits per heavy atom. The largest absolute Gasteiger partial charge is 0.507 e. The summed E-state index contributed by atoms with van der Waals surface area (Å²) in [5, 5.41) is 11.1. The fourth-order valence-corrected chi connectivity index (χ4v) is 3.87. The van der Waals surface area contributed by atoms with Crippen molar-refractivity contribution in [3.63, 3.8) is 0 Å². The molecule has 1 N–H and O–H groups in total.